The molecule has 1 atom stereocenters. The molecule has 1 saturated heterocycles. The number of amides is 3. The van der Waals surface area contributed by atoms with Crippen LogP contribution in [0.5, 0.6) is 0 Å². The maximum absolute atomic E-state index is 11.4. The summed E-state index contributed by atoms with van der Waals surface area (Å²) in [6.45, 7) is 21.0. The summed E-state index contributed by atoms with van der Waals surface area (Å²) in [7, 11) is 1.71. The van der Waals surface area contributed by atoms with E-state index in [1.165, 1.54) is 37.5 Å². The second-order valence-corrected chi connectivity index (χ2v) is 7.67. The number of methoxy groups -OCH3 is 1. The lowest BCUT2D eigenvalue weighted by Gasteiger charge is -2.21. The van der Waals surface area contributed by atoms with Gasteiger partial charge in [0.15, 0.2) is 0 Å². The largest absolute Gasteiger partial charge is 0.385 e. The van der Waals surface area contributed by atoms with Crippen molar-refractivity contribution in [2.45, 2.75) is 113 Å². The van der Waals surface area contributed by atoms with Crippen LogP contribution in [0.4, 0.5) is 0 Å². The summed E-state index contributed by atoms with van der Waals surface area (Å²) in [5.74, 6) is 0.135. The maximum atomic E-state index is 11.4. The summed E-state index contributed by atoms with van der Waals surface area (Å²) in [6, 6.07) is -0.504. The highest BCUT2D eigenvalue weighted by Crippen LogP contribution is 2.16. The van der Waals surface area contributed by atoms with Crippen molar-refractivity contribution in [3.05, 3.63) is 12.7 Å². The number of carbonyl (C=O) groups is 4. The number of aldehydes is 1. The number of nitrogens with two attached hydrogens (primary N) is 1. The Labute approximate surface area is 248 Å². The first-order valence-corrected chi connectivity index (χ1v) is 14.2. The lowest BCUT2D eigenvalue weighted by Crippen LogP contribution is -2.46. The Balaban J connectivity index is -0.0000000709. The van der Waals surface area contributed by atoms with E-state index in [0.29, 0.717) is 19.4 Å². The van der Waals surface area contributed by atoms with Crippen LogP contribution in [-0.2, 0) is 23.9 Å². The Morgan fingerprint density at radius 1 is 1.05 bits per heavy atom. The molecule has 0 spiro atoms. The lowest BCUT2D eigenvalue weighted by molar-refractivity contribution is -0.137. The SMILES string of the molecule is C#C.C#C.C1CC1.C=CCCCOC.CC.CC.CC=O.CCC(C)C.NC(=O)[C@@H]1CCCN1C(=O)CNC=O. The average Bonchev–Trinajstić information content (AvgIpc) is 3.80. The van der Waals surface area contributed by atoms with Crippen molar-refractivity contribution in [2.75, 3.05) is 26.8 Å². The summed E-state index contributed by atoms with van der Waals surface area (Å²) in [5.41, 5.74) is 5.13. The number of nitrogens with zero attached hydrogens (tertiary/aromatic N) is 1. The van der Waals surface area contributed by atoms with Crippen molar-refractivity contribution in [1.82, 2.24) is 10.2 Å². The Morgan fingerprint density at radius 2 is 1.48 bits per heavy atom. The zero-order valence-corrected chi connectivity index (χ0v) is 27.2. The van der Waals surface area contributed by atoms with Gasteiger partial charge in [-0.05, 0) is 38.5 Å². The van der Waals surface area contributed by atoms with Crippen LogP contribution in [0.3, 0.4) is 0 Å². The predicted molar refractivity (Wildman–Crippen MR) is 172 cm³/mol. The number of terminal acetylenes is 2. The standard InChI is InChI=1S/C8H13N3O3.C6H12O.C5H12.C3H6.C2H4O.2C2H6.2C2H2/c9-8(14)6-2-1-3-11(6)7(13)4-10-5-12;1-3-4-5-6-7-2;1-4-5(2)3;1-2-3-1;1-2-3;4*1-2/h5-6H,1-4H2,(H2,9,14)(H,10,12);3H,1,4-6H2,2H3;5H,4H2,1-3H3;1-3H2;2H,1H3;2*1-2H3;2*1-2H/t6-;;;;;;;;/m0......../s1. The number of primary amides is 1. The molecule has 2 fully saturated rings. The minimum Gasteiger partial charge on any atom is -0.385 e. The fourth-order valence-corrected chi connectivity index (χ4v) is 1.96. The number of rotatable bonds is 9. The third-order valence-electron chi connectivity index (χ3n) is 4.16. The Kier molecular flexibility index (Phi) is 74.7. The van der Waals surface area contributed by atoms with Crippen LogP contribution in [0, 0.1) is 31.6 Å². The average molecular weight is 570 g/mol. The van der Waals surface area contributed by atoms with Crippen LogP contribution in [0.2, 0.25) is 0 Å². The first-order valence-electron chi connectivity index (χ1n) is 14.2. The molecule has 0 aromatic carbocycles. The first-order chi connectivity index (χ1) is 19.3. The molecule has 0 bridgehead atoms. The highest BCUT2D eigenvalue weighted by atomic mass is 16.5. The molecule has 1 saturated carbocycles. The Bertz CT molecular complexity index is 550. The number of ether oxygens (including phenoxy) is 1. The quantitative estimate of drug-likeness (QED) is 0.158. The minimum atomic E-state index is -0.504. The second-order valence-electron chi connectivity index (χ2n) is 7.67. The topological polar surface area (TPSA) is 119 Å². The number of carbonyl (C=O) groups excluding carboxylic acids is 4. The van der Waals surface area contributed by atoms with Gasteiger partial charge in [0.25, 0.3) is 0 Å². The van der Waals surface area contributed by atoms with Crippen LogP contribution in [0.25, 0.3) is 0 Å². The summed E-state index contributed by atoms with van der Waals surface area (Å²) in [6.07, 6.45) is 28.5. The molecule has 1 aliphatic heterocycles. The van der Waals surface area contributed by atoms with Gasteiger partial charge in [-0.3, -0.25) is 14.4 Å². The van der Waals surface area contributed by atoms with E-state index in [4.69, 9.17) is 15.3 Å². The smallest absolute Gasteiger partial charge is 0.242 e. The van der Waals surface area contributed by atoms with Gasteiger partial charge >= 0.3 is 0 Å². The summed E-state index contributed by atoms with van der Waals surface area (Å²) in [4.78, 5) is 42.5. The second kappa shape index (κ2) is 56.2. The van der Waals surface area contributed by atoms with E-state index in [1.54, 1.807) is 7.11 Å². The zero-order valence-electron chi connectivity index (χ0n) is 27.2. The van der Waals surface area contributed by atoms with Crippen LogP contribution < -0.4 is 11.1 Å². The van der Waals surface area contributed by atoms with Crippen LogP contribution in [-0.4, -0.2) is 62.3 Å². The predicted octanol–water partition coefficient (Wildman–Crippen LogP) is 5.79. The van der Waals surface area contributed by atoms with Crippen LogP contribution in [0.15, 0.2) is 12.7 Å². The highest BCUT2D eigenvalue weighted by Gasteiger charge is 2.32. The number of nitrogens with one attached hydrogen (secondary N) is 1. The molecule has 1 heterocycles. The van der Waals surface area contributed by atoms with Gasteiger partial charge in [0, 0.05) is 20.3 Å². The number of allylic oxidation sites excluding steroid dienone is 1. The summed E-state index contributed by atoms with van der Waals surface area (Å²) < 4.78 is 4.80. The van der Waals surface area contributed by atoms with Gasteiger partial charge in [0.2, 0.25) is 18.2 Å². The van der Waals surface area contributed by atoms with E-state index >= 15 is 0 Å². The van der Waals surface area contributed by atoms with E-state index in [0.717, 1.165) is 38.1 Å². The lowest BCUT2D eigenvalue weighted by atomic mass is 10.2. The fourth-order valence-electron chi connectivity index (χ4n) is 1.96. The molecule has 1 aliphatic carbocycles. The van der Waals surface area contributed by atoms with E-state index < -0.39 is 11.9 Å². The fraction of sp³-hybridized carbons (Fsp3) is 0.688. The first kappa shape index (κ1) is 53.2. The van der Waals surface area contributed by atoms with Crippen LogP contribution >= 0.6 is 0 Å². The van der Waals surface area contributed by atoms with E-state index in [-0.39, 0.29) is 12.5 Å². The van der Waals surface area contributed by atoms with Gasteiger partial charge < -0.3 is 25.5 Å². The molecule has 2 aliphatic rings. The van der Waals surface area contributed by atoms with Crippen molar-refractivity contribution in [3.63, 3.8) is 0 Å². The number of hydrogen-bond donors (Lipinski definition) is 2. The van der Waals surface area contributed by atoms with E-state index in [1.807, 2.05) is 33.8 Å². The van der Waals surface area contributed by atoms with Crippen molar-refractivity contribution in [1.29, 1.82) is 0 Å². The van der Waals surface area contributed by atoms with Crippen molar-refractivity contribution >= 4 is 24.5 Å². The van der Waals surface area contributed by atoms with Crippen molar-refractivity contribution in [3.8, 4) is 25.7 Å². The molecule has 0 aromatic heterocycles. The molecule has 2 rings (SSSR count). The van der Waals surface area contributed by atoms with Crippen LogP contribution in [0.1, 0.15) is 107 Å². The third kappa shape index (κ3) is 59.8. The van der Waals surface area contributed by atoms with Gasteiger partial charge in [-0.15, -0.1) is 32.3 Å². The van der Waals surface area contributed by atoms with E-state index in [9.17, 15) is 14.4 Å². The van der Waals surface area contributed by atoms with Gasteiger partial charge in [0.05, 0.1) is 6.54 Å². The monoisotopic (exact) mass is 569 g/mol. The molecule has 40 heavy (non-hydrogen) atoms. The zero-order chi connectivity index (χ0) is 33.2. The van der Waals surface area contributed by atoms with Gasteiger partial charge in [0.1, 0.15) is 12.3 Å². The maximum Gasteiger partial charge on any atom is 0.242 e. The summed E-state index contributed by atoms with van der Waals surface area (Å²) in [5, 5.41) is 2.26. The molecule has 8 nitrogen and oxygen atoms in total. The minimum absolute atomic E-state index is 0.0761. The summed E-state index contributed by atoms with van der Waals surface area (Å²) >= 11 is 0. The number of unbranched alkanes of at least 4 members (excludes halogenated alkanes) is 1. The molecule has 0 radical (unpaired) electrons. The molecule has 0 unspecified atom stereocenters. The molecular weight excluding hydrogens is 506 g/mol. The molecule has 236 valence electrons. The van der Waals surface area contributed by atoms with Gasteiger partial charge in [-0.2, -0.15) is 0 Å². The highest BCUT2D eigenvalue weighted by molar-refractivity contribution is 5.88. The normalized spacial score (nSPS) is 12.4. The Hall–Kier alpha value is -3.10. The number of hydrogen-bond acceptors (Lipinski definition) is 5. The van der Waals surface area contributed by atoms with E-state index in [2.05, 4.69) is 58.4 Å². The van der Waals surface area contributed by atoms with Crippen molar-refractivity contribution < 1.29 is 23.9 Å². The van der Waals surface area contributed by atoms with Gasteiger partial charge in [-0.1, -0.05) is 80.2 Å². The van der Waals surface area contributed by atoms with Gasteiger partial charge in [-0.25, -0.2) is 0 Å². The molecular formula is C32H63N3O5. The Morgan fingerprint density at radius 3 is 1.75 bits per heavy atom. The van der Waals surface area contributed by atoms with Crippen molar-refractivity contribution in [2.24, 2.45) is 11.7 Å². The number of likely N-dealkylation sites (tertiary alicyclic amines) is 1. The molecule has 3 N–H and O–H groups in total. The molecule has 3 amide bonds. The molecule has 8 heteroatoms. The third-order valence-corrected chi connectivity index (χ3v) is 4.16. The molecule has 0 aromatic rings.